The van der Waals surface area contributed by atoms with E-state index < -0.39 is 0 Å². The van der Waals surface area contributed by atoms with Crippen LogP contribution in [0.2, 0.25) is 10.0 Å². The van der Waals surface area contributed by atoms with Gasteiger partial charge in [-0.05, 0) is 31.0 Å². The molecule has 0 aliphatic carbocycles. The summed E-state index contributed by atoms with van der Waals surface area (Å²) in [6.45, 7) is 2.57. The number of nitrogens with zero attached hydrogens (tertiary/aromatic N) is 1. The molecule has 1 atom stereocenters. The van der Waals surface area contributed by atoms with E-state index in [2.05, 4.69) is 0 Å². The minimum atomic E-state index is 0.0469. The van der Waals surface area contributed by atoms with Crippen molar-refractivity contribution in [3.8, 4) is 0 Å². The monoisotopic (exact) mass is 307 g/mol. The van der Waals surface area contributed by atoms with E-state index in [1.54, 1.807) is 24.1 Å². The Hall–Kier alpha value is -0.440. The smallest absolute Gasteiger partial charge is 0.226 e. The number of alkyl halides is 1. The van der Waals surface area contributed by atoms with Gasteiger partial charge in [0.15, 0.2) is 0 Å². The summed E-state index contributed by atoms with van der Waals surface area (Å²) in [6, 6.07) is 5.23. The van der Waals surface area contributed by atoms with Crippen LogP contribution in [-0.2, 0) is 11.2 Å². The molecule has 0 N–H and O–H groups in total. The molecule has 0 fully saturated rings. The Morgan fingerprint density at radius 1 is 1.33 bits per heavy atom. The van der Waals surface area contributed by atoms with Crippen LogP contribution in [0.1, 0.15) is 18.9 Å². The SMILES string of the molecule is CC(Cl)CCN(C)C(=O)Cc1ccc(Cl)c(Cl)c1. The van der Waals surface area contributed by atoms with Gasteiger partial charge in [0.1, 0.15) is 0 Å². The second kappa shape index (κ2) is 7.22. The predicted molar refractivity (Wildman–Crippen MR) is 77.7 cm³/mol. The van der Waals surface area contributed by atoms with E-state index >= 15 is 0 Å². The number of carbonyl (C=O) groups is 1. The molecule has 2 nitrogen and oxygen atoms in total. The van der Waals surface area contributed by atoms with E-state index in [0.29, 0.717) is 23.0 Å². The number of benzene rings is 1. The molecular weight excluding hydrogens is 293 g/mol. The van der Waals surface area contributed by atoms with Gasteiger partial charge in [0.05, 0.1) is 16.5 Å². The van der Waals surface area contributed by atoms with Gasteiger partial charge >= 0.3 is 0 Å². The molecule has 0 saturated heterocycles. The number of amides is 1. The molecule has 1 aromatic rings. The highest BCUT2D eigenvalue weighted by Gasteiger charge is 2.11. The van der Waals surface area contributed by atoms with Crippen molar-refractivity contribution in [3.05, 3.63) is 33.8 Å². The summed E-state index contributed by atoms with van der Waals surface area (Å²) in [6.07, 6.45) is 1.11. The van der Waals surface area contributed by atoms with Crippen molar-refractivity contribution in [2.75, 3.05) is 13.6 Å². The quantitative estimate of drug-likeness (QED) is 0.753. The zero-order valence-corrected chi connectivity index (χ0v) is 12.7. The Morgan fingerprint density at radius 2 is 2.00 bits per heavy atom. The van der Waals surface area contributed by atoms with E-state index in [1.807, 2.05) is 13.0 Å². The standard InChI is InChI=1S/C13H16Cl3NO/c1-9(14)5-6-17(2)13(18)8-10-3-4-11(15)12(16)7-10/h3-4,7,9H,5-6,8H2,1-2H3. The lowest BCUT2D eigenvalue weighted by atomic mass is 10.1. The van der Waals surface area contributed by atoms with Gasteiger partial charge in [0.2, 0.25) is 5.91 Å². The molecule has 1 aromatic carbocycles. The summed E-state index contributed by atoms with van der Waals surface area (Å²) in [5, 5.41) is 1.04. The Bertz CT molecular complexity index is 421. The number of hydrogen-bond donors (Lipinski definition) is 0. The summed E-state index contributed by atoms with van der Waals surface area (Å²) in [5.41, 5.74) is 0.861. The van der Waals surface area contributed by atoms with Crippen LogP contribution in [0.4, 0.5) is 0 Å². The molecule has 0 aliphatic heterocycles. The summed E-state index contributed by atoms with van der Waals surface area (Å²) in [5.74, 6) is 0.0469. The Balaban J connectivity index is 2.55. The van der Waals surface area contributed by atoms with Gasteiger partial charge in [-0.3, -0.25) is 4.79 Å². The Morgan fingerprint density at radius 3 is 2.56 bits per heavy atom. The van der Waals surface area contributed by atoms with E-state index in [4.69, 9.17) is 34.8 Å². The zero-order valence-electron chi connectivity index (χ0n) is 10.4. The van der Waals surface area contributed by atoms with Gasteiger partial charge in [0, 0.05) is 19.0 Å². The zero-order chi connectivity index (χ0) is 13.7. The lowest BCUT2D eigenvalue weighted by Crippen LogP contribution is -2.30. The Labute approximate surface area is 123 Å². The highest BCUT2D eigenvalue weighted by molar-refractivity contribution is 6.42. The van der Waals surface area contributed by atoms with E-state index in [0.717, 1.165) is 12.0 Å². The maximum Gasteiger partial charge on any atom is 0.226 e. The van der Waals surface area contributed by atoms with Crippen molar-refractivity contribution in [1.82, 2.24) is 4.90 Å². The van der Waals surface area contributed by atoms with Gasteiger partial charge in [-0.15, -0.1) is 11.6 Å². The summed E-state index contributed by atoms with van der Waals surface area (Å²) in [7, 11) is 1.78. The largest absolute Gasteiger partial charge is 0.345 e. The number of rotatable bonds is 5. The highest BCUT2D eigenvalue weighted by atomic mass is 35.5. The van der Waals surface area contributed by atoms with Gasteiger partial charge in [0.25, 0.3) is 0 Å². The average Bonchev–Trinajstić information content (AvgIpc) is 2.30. The van der Waals surface area contributed by atoms with Gasteiger partial charge in [-0.25, -0.2) is 0 Å². The first kappa shape index (κ1) is 15.6. The first-order valence-corrected chi connectivity index (χ1v) is 6.91. The van der Waals surface area contributed by atoms with Crippen LogP contribution in [0, 0.1) is 0 Å². The molecule has 0 heterocycles. The van der Waals surface area contributed by atoms with Crippen molar-refractivity contribution in [3.63, 3.8) is 0 Å². The fourth-order valence-corrected chi connectivity index (χ4v) is 1.87. The molecule has 1 unspecified atom stereocenters. The molecule has 1 amide bonds. The third-order valence-corrected chi connectivity index (χ3v) is 3.58. The molecule has 0 aliphatic rings. The molecule has 0 aromatic heterocycles. The predicted octanol–water partition coefficient (Wildman–Crippen LogP) is 4.01. The Kier molecular flexibility index (Phi) is 6.27. The van der Waals surface area contributed by atoms with Crippen LogP contribution in [0.25, 0.3) is 0 Å². The fraction of sp³-hybridized carbons (Fsp3) is 0.462. The minimum Gasteiger partial charge on any atom is -0.345 e. The molecule has 5 heteroatoms. The molecule has 100 valence electrons. The van der Waals surface area contributed by atoms with E-state index in [9.17, 15) is 4.79 Å². The maximum absolute atomic E-state index is 11.9. The van der Waals surface area contributed by atoms with E-state index in [1.165, 1.54) is 0 Å². The van der Waals surface area contributed by atoms with Crippen LogP contribution in [0.5, 0.6) is 0 Å². The summed E-state index contributed by atoms with van der Waals surface area (Å²) >= 11 is 17.6. The summed E-state index contributed by atoms with van der Waals surface area (Å²) < 4.78 is 0. The van der Waals surface area contributed by atoms with Crippen molar-refractivity contribution < 1.29 is 4.79 Å². The first-order chi connectivity index (χ1) is 8.40. The normalized spacial score (nSPS) is 12.3. The third-order valence-electron chi connectivity index (χ3n) is 2.63. The van der Waals surface area contributed by atoms with Crippen LogP contribution in [0.15, 0.2) is 18.2 Å². The van der Waals surface area contributed by atoms with Crippen molar-refractivity contribution >= 4 is 40.7 Å². The molecule has 0 spiro atoms. The first-order valence-electron chi connectivity index (χ1n) is 5.72. The van der Waals surface area contributed by atoms with Gasteiger partial charge in [-0.2, -0.15) is 0 Å². The number of halogens is 3. The number of likely N-dealkylation sites (N-methyl/N-ethyl adjacent to an activating group) is 1. The second-order valence-corrected chi connectivity index (χ2v) is 5.87. The average molecular weight is 309 g/mol. The minimum absolute atomic E-state index is 0.0469. The van der Waals surface area contributed by atoms with Crippen molar-refractivity contribution in [1.29, 1.82) is 0 Å². The van der Waals surface area contributed by atoms with Crippen LogP contribution in [-0.4, -0.2) is 29.8 Å². The highest BCUT2D eigenvalue weighted by Crippen LogP contribution is 2.22. The molecule has 1 rings (SSSR count). The lowest BCUT2D eigenvalue weighted by molar-refractivity contribution is -0.129. The molecule has 0 saturated carbocycles. The molecule has 18 heavy (non-hydrogen) atoms. The summed E-state index contributed by atoms with van der Waals surface area (Å²) in [4.78, 5) is 13.6. The van der Waals surface area contributed by atoms with E-state index in [-0.39, 0.29) is 11.3 Å². The van der Waals surface area contributed by atoms with Crippen LogP contribution >= 0.6 is 34.8 Å². The number of hydrogen-bond acceptors (Lipinski definition) is 1. The second-order valence-electron chi connectivity index (χ2n) is 4.31. The third kappa shape index (κ3) is 5.05. The molecule has 0 radical (unpaired) electrons. The topological polar surface area (TPSA) is 20.3 Å². The molecule has 0 bridgehead atoms. The van der Waals surface area contributed by atoms with Crippen LogP contribution in [0.3, 0.4) is 0 Å². The number of carbonyl (C=O) groups excluding carboxylic acids is 1. The molecular formula is C13H16Cl3NO. The fourth-order valence-electron chi connectivity index (χ4n) is 1.46. The van der Waals surface area contributed by atoms with Crippen molar-refractivity contribution in [2.24, 2.45) is 0 Å². The van der Waals surface area contributed by atoms with Crippen LogP contribution < -0.4 is 0 Å². The van der Waals surface area contributed by atoms with Gasteiger partial charge < -0.3 is 4.90 Å². The maximum atomic E-state index is 11.9. The van der Waals surface area contributed by atoms with Crippen molar-refractivity contribution in [2.45, 2.75) is 25.1 Å². The van der Waals surface area contributed by atoms with Gasteiger partial charge in [-0.1, -0.05) is 29.3 Å². The lowest BCUT2D eigenvalue weighted by Gasteiger charge is -2.18.